The Morgan fingerprint density at radius 2 is 1.68 bits per heavy atom. The van der Waals surface area contributed by atoms with Crippen LogP contribution in [0.2, 0.25) is 0 Å². The van der Waals surface area contributed by atoms with E-state index >= 15 is 0 Å². The first-order chi connectivity index (χ1) is 8.91. The Morgan fingerprint density at radius 1 is 1.11 bits per heavy atom. The summed E-state index contributed by atoms with van der Waals surface area (Å²) in [5, 5.41) is 0. The van der Waals surface area contributed by atoms with Crippen LogP contribution in [0.3, 0.4) is 0 Å². The highest BCUT2D eigenvalue weighted by Crippen LogP contribution is 2.24. The van der Waals surface area contributed by atoms with Crippen molar-refractivity contribution in [2.24, 2.45) is 0 Å². The predicted molar refractivity (Wildman–Crippen MR) is 73.7 cm³/mol. The highest BCUT2D eigenvalue weighted by molar-refractivity contribution is 4.92. The molecule has 0 aromatic heterocycles. The van der Waals surface area contributed by atoms with Gasteiger partial charge in [0.1, 0.15) is 0 Å². The Kier molecular flexibility index (Phi) is 4.79. The van der Waals surface area contributed by atoms with Gasteiger partial charge in [-0.15, -0.1) is 0 Å². The number of likely N-dealkylation sites (tertiary alicyclic amines) is 1. The van der Waals surface area contributed by atoms with E-state index in [4.69, 9.17) is 0 Å². The molecule has 0 atom stereocenters. The van der Waals surface area contributed by atoms with Crippen LogP contribution < -0.4 is 0 Å². The van der Waals surface area contributed by atoms with Gasteiger partial charge in [-0.1, -0.05) is 6.92 Å². The second kappa shape index (κ2) is 6.02. The zero-order chi connectivity index (χ0) is 14.0. The van der Waals surface area contributed by atoms with Crippen LogP contribution in [0.25, 0.3) is 0 Å². The van der Waals surface area contributed by atoms with Crippen LogP contribution in [-0.4, -0.2) is 78.5 Å². The topological polar surface area (TPSA) is 9.72 Å². The molecule has 19 heavy (non-hydrogen) atoms. The SMILES string of the molecule is CCC(F)(F)CN1CC(N2CCN(C(C)C)CC2)C1. The fourth-order valence-electron chi connectivity index (χ4n) is 2.96. The summed E-state index contributed by atoms with van der Waals surface area (Å²) < 4.78 is 26.5. The Morgan fingerprint density at radius 3 is 2.16 bits per heavy atom. The molecule has 0 spiro atoms. The van der Waals surface area contributed by atoms with Crippen molar-refractivity contribution in [3.8, 4) is 0 Å². The first-order valence-corrected chi connectivity index (χ1v) is 7.49. The third-order valence-corrected chi connectivity index (χ3v) is 4.51. The number of nitrogens with zero attached hydrogens (tertiary/aromatic N) is 3. The van der Waals surface area contributed by atoms with Crippen LogP contribution in [0.15, 0.2) is 0 Å². The third-order valence-electron chi connectivity index (χ3n) is 4.51. The lowest BCUT2D eigenvalue weighted by molar-refractivity contribution is -0.0768. The molecule has 2 aliphatic heterocycles. The fourth-order valence-corrected chi connectivity index (χ4v) is 2.96. The summed E-state index contributed by atoms with van der Waals surface area (Å²) >= 11 is 0. The zero-order valence-corrected chi connectivity index (χ0v) is 12.4. The van der Waals surface area contributed by atoms with E-state index in [1.54, 1.807) is 6.92 Å². The summed E-state index contributed by atoms with van der Waals surface area (Å²) in [6.45, 7) is 12.0. The van der Waals surface area contributed by atoms with E-state index in [9.17, 15) is 8.78 Å². The Hall–Kier alpha value is -0.260. The standard InChI is InChI=1S/C14H27F2N3/c1-4-14(15,16)11-17-9-13(10-17)19-7-5-18(6-8-19)12(2)3/h12-13H,4-11H2,1-3H3. The van der Waals surface area contributed by atoms with Crippen molar-refractivity contribution in [3.05, 3.63) is 0 Å². The lowest BCUT2D eigenvalue weighted by Crippen LogP contribution is -2.64. The summed E-state index contributed by atoms with van der Waals surface area (Å²) in [6.07, 6.45) is -0.0543. The fraction of sp³-hybridized carbons (Fsp3) is 1.00. The van der Waals surface area contributed by atoms with E-state index in [1.807, 2.05) is 4.90 Å². The summed E-state index contributed by atoms with van der Waals surface area (Å²) in [7, 11) is 0. The zero-order valence-electron chi connectivity index (χ0n) is 12.4. The number of rotatable bonds is 5. The first kappa shape index (κ1) is 15.1. The molecule has 2 rings (SSSR count). The van der Waals surface area contributed by atoms with E-state index in [2.05, 4.69) is 23.6 Å². The first-order valence-electron chi connectivity index (χ1n) is 7.49. The van der Waals surface area contributed by atoms with Crippen LogP contribution in [-0.2, 0) is 0 Å². The van der Waals surface area contributed by atoms with Gasteiger partial charge in [-0.2, -0.15) is 0 Å². The largest absolute Gasteiger partial charge is 0.298 e. The monoisotopic (exact) mass is 275 g/mol. The van der Waals surface area contributed by atoms with Crippen molar-refractivity contribution in [3.63, 3.8) is 0 Å². The number of hydrogen-bond acceptors (Lipinski definition) is 3. The second-order valence-corrected chi connectivity index (χ2v) is 6.22. The molecule has 0 N–H and O–H groups in total. The van der Waals surface area contributed by atoms with Gasteiger partial charge in [0, 0.05) is 57.8 Å². The van der Waals surface area contributed by atoms with E-state index in [0.717, 1.165) is 39.3 Å². The van der Waals surface area contributed by atoms with Crippen molar-refractivity contribution in [2.75, 3.05) is 45.8 Å². The molecular formula is C14H27F2N3. The van der Waals surface area contributed by atoms with Gasteiger partial charge in [0.05, 0.1) is 6.54 Å². The number of hydrogen-bond donors (Lipinski definition) is 0. The molecule has 0 bridgehead atoms. The van der Waals surface area contributed by atoms with Gasteiger partial charge in [0.15, 0.2) is 0 Å². The van der Waals surface area contributed by atoms with Gasteiger partial charge in [0.25, 0.3) is 5.92 Å². The molecule has 0 aromatic rings. The molecule has 0 radical (unpaired) electrons. The van der Waals surface area contributed by atoms with Crippen molar-refractivity contribution in [2.45, 2.75) is 45.2 Å². The minimum Gasteiger partial charge on any atom is -0.298 e. The lowest BCUT2D eigenvalue weighted by Gasteiger charge is -2.49. The molecule has 3 nitrogen and oxygen atoms in total. The van der Waals surface area contributed by atoms with Crippen molar-refractivity contribution < 1.29 is 8.78 Å². The number of piperazine rings is 1. The summed E-state index contributed by atoms with van der Waals surface area (Å²) in [4.78, 5) is 6.85. The number of alkyl halides is 2. The molecule has 0 aliphatic carbocycles. The maximum atomic E-state index is 13.3. The molecule has 0 aromatic carbocycles. The Labute approximate surface area is 115 Å². The molecular weight excluding hydrogens is 248 g/mol. The molecule has 2 fully saturated rings. The maximum Gasteiger partial charge on any atom is 0.260 e. The molecule has 2 heterocycles. The van der Waals surface area contributed by atoms with E-state index in [1.165, 1.54) is 0 Å². The van der Waals surface area contributed by atoms with Crippen LogP contribution in [0, 0.1) is 0 Å². The van der Waals surface area contributed by atoms with E-state index < -0.39 is 5.92 Å². The van der Waals surface area contributed by atoms with E-state index in [-0.39, 0.29) is 13.0 Å². The average molecular weight is 275 g/mol. The second-order valence-electron chi connectivity index (χ2n) is 6.22. The maximum absolute atomic E-state index is 13.3. The van der Waals surface area contributed by atoms with Crippen molar-refractivity contribution >= 4 is 0 Å². The van der Waals surface area contributed by atoms with Gasteiger partial charge in [-0.05, 0) is 13.8 Å². The highest BCUT2D eigenvalue weighted by atomic mass is 19.3. The van der Waals surface area contributed by atoms with Crippen LogP contribution in [0.1, 0.15) is 27.2 Å². The predicted octanol–water partition coefficient (Wildman–Crippen LogP) is 1.74. The smallest absolute Gasteiger partial charge is 0.260 e. The normalized spacial score (nSPS) is 24.9. The molecule has 0 amide bonds. The van der Waals surface area contributed by atoms with Crippen LogP contribution >= 0.6 is 0 Å². The third kappa shape index (κ3) is 3.86. The molecule has 2 aliphatic rings. The Bertz CT molecular complexity index is 282. The van der Waals surface area contributed by atoms with Gasteiger partial charge in [-0.3, -0.25) is 14.7 Å². The van der Waals surface area contributed by atoms with Gasteiger partial charge >= 0.3 is 0 Å². The molecule has 5 heteroatoms. The van der Waals surface area contributed by atoms with Crippen LogP contribution in [0.5, 0.6) is 0 Å². The summed E-state index contributed by atoms with van der Waals surface area (Å²) in [5.74, 6) is -2.51. The summed E-state index contributed by atoms with van der Waals surface area (Å²) in [6, 6.07) is 1.12. The molecule has 2 saturated heterocycles. The molecule has 0 saturated carbocycles. The van der Waals surface area contributed by atoms with Gasteiger partial charge in [0.2, 0.25) is 0 Å². The van der Waals surface area contributed by atoms with Crippen LogP contribution in [0.4, 0.5) is 8.78 Å². The van der Waals surface area contributed by atoms with Gasteiger partial charge < -0.3 is 0 Å². The molecule has 0 unspecified atom stereocenters. The summed E-state index contributed by atoms with van der Waals surface area (Å²) in [5.41, 5.74) is 0. The van der Waals surface area contributed by atoms with Crippen molar-refractivity contribution in [1.82, 2.24) is 14.7 Å². The van der Waals surface area contributed by atoms with Gasteiger partial charge in [-0.25, -0.2) is 8.78 Å². The number of halogens is 2. The van der Waals surface area contributed by atoms with Crippen molar-refractivity contribution in [1.29, 1.82) is 0 Å². The average Bonchev–Trinajstić information content (AvgIpc) is 2.33. The quantitative estimate of drug-likeness (QED) is 0.757. The lowest BCUT2D eigenvalue weighted by atomic mass is 10.0. The molecule has 112 valence electrons. The minimum absolute atomic E-state index is 0.0543. The minimum atomic E-state index is -2.51. The van der Waals surface area contributed by atoms with E-state index in [0.29, 0.717) is 12.1 Å². The Balaban J connectivity index is 1.68. The highest BCUT2D eigenvalue weighted by Gasteiger charge is 2.38.